The molecule has 0 radical (unpaired) electrons. The SMILES string of the molecule is CCCCCC[N+](C)(C)CCOCCOCCOCCOC. The highest BCUT2D eigenvalue weighted by Crippen LogP contribution is 2.05. The molecular formula is C17H38NO4+. The van der Waals surface area contributed by atoms with Gasteiger partial charge in [0.15, 0.2) is 0 Å². The molecule has 5 nitrogen and oxygen atoms in total. The molecule has 0 aromatic carbocycles. The normalized spacial score (nSPS) is 12.0. The van der Waals surface area contributed by atoms with Crippen molar-refractivity contribution < 1.29 is 23.4 Å². The minimum Gasteiger partial charge on any atom is -0.382 e. The molecule has 5 heteroatoms. The molecule has 134 valence electrons. The van der Waals surface area contributed by atoms with Crippen LogP contribution in [0.5, 0.6) is 0 Å². The molecule has 0 amide bonds. The number of rotatable bonds is 17. The molecule has 0 unspecified atom stereocenters. The minimum absolute atomic E-state index is 0.616. The van der Waals surface area contributed by atoms with Crippen LogP contribution in [0.15, 0.2) is 0 Å². The first-order chi connectivity index (χ1) is 10.6. The molecule has 0 aromatic heterocycles. The molecule has 0 saturated heterocycles. The summed E-state index contributed by atoms with van der Waals surface area (Å²) in [6.07, 6.45) is 5.31. The van der Waals surface area contributed by atoms with Gasteiger partial charge in [-0.3, -0.25) is 0 Å². The molecule has 0 aliphatic rings. The van der Waals surface area contributed by atoms with Crippen LogP contribution in [-0.4, -0.2) is 85.0 Å². The van der Waals surface area contributed by atoms with E-state index in [-0.39, 0.29) is 0 Å². The molecule has 0 N–H and O–H groups in total. The number of nitrogens with zero attached hydrogens (tertiary/aromatic N) is 1. The van der Waals surface area contributed by atoms with Crippen molar-refractivity contribution >= 4 is 0 Å². The fourth-order valence-corrected chi connectivity index (χ4v) is 2.07. The van der Waals surface area contributed by atoms with Gasteiger partial charge in [0.2, 0.25) is 0 Å². The van der Waals surface area contributed by atoms with Crippen LogP contribution in [-0.2, 0) is 18.9 Å². The van der Waals surface area contributed by atoms with Gasteiger partial charge in [-0.05, 0) is 12.8 Å². The summed E-state index contributed by atoms with van der Waals surface area (Å²) in [5, 5.41) is 0. The zero-order valence-corrected chi connectivity index (χ0v) is 15.3. The molecular weight excluding hydrogens is 282 g/mol. The zero-order chi connectivity index (χ0) is 16.5. The average molecular weight is 320 g/mol. The summed E-state index contributed by atoms with van der Waals surface area (Å²) in [4.78, 5) is 0. The van der Waals surface area contributed by atoms with E-state index < -0.39 is 0 Å². The number of hydrogen-bond acceptors (Lipinski definition) is 4. The van der Waals surface area contributed by atoms with Crippen molar-refractivity contribution in [2.24, 2.45) is 0 Å². The Morgan fingerprint density at radius 2 is 1.18 bits per heavy atom. The lowest BCUT2D eigenvalue weighted by Crippen LogP contribution is -2.43. The standard InChI is InChI=1S/C17H38NO4/c1-5-6-7-8-9-18(2,3)10-11-20-14-15-22-17-16-21-13-12-19-4/h5-17H2,1-4H3/q+1. The van der Waals surface area contributed by atoms with Crippen molar-refractivity contribution in [3.8, 4) is 0 Å². The summed E-state index contributed by atoms with van der Waals surface area (Å²) < 4.78 is 22.3. The predicted molar refractivity (Wildman–Crippen MR) is 90.3 cm³/mol. The van der Waals surface area contributed by atoms with E-state index >= 15 is 0 Å². The number of ether oxygens (including phenoxy) is 4. The van der Waals surface area contributed by atoms with E-state index in [1.54, 1.807) is 7.11 Å². The van der Waals surface area contributed by atoms with Crippen LogP contribution < -0.4 is 0 Å². The Labute approximate surface area is 137 Å². The van der Waals surface area contributed by atoms with Gasteiger partial charge in [0.25, 0.3) is 0 Å². The van der Waals surface area contributed by atoms with E-state index in [0.29, 0.717) is 39.6 Å². The fraction of sp³-hybridized carbons (Fsp3) is 1.00. The van der Waals surface area contributed by atoms with Crippen molar-refractivity contribution in [1.82, 2.24) is 0 Å². The summed E-state index contributed by atoms with van der Waals surface area (Å²) in [5.41, 5.74) is 0. The molecule has 0 heterocycles. The van der Waals surface area contributed by atoms with E-state index in [1.165, 1.54) is 32.2 Å². The number of hydrogen-bond donors (Lipinski definition) is 0. The lowest BCUT2D eigenvalue weighted by Gasteiger charge is -2.29. The quantitative estimate of drug-likeness (QED) is 0.304. The maximum atomic E-state index is 5.64. The number of quaternary nitrogens is 1. The Morgan fingerprint density at radius 1 is 0.636 bits per heavy atom. The summed E-state index contributed by atoms with van der Waals surface area (Å²) in [6, 6.07) is 0. The number of unbranched alkanes of at least 4 members (excludes halogenated alkanes) is 3. The number of likely N-dealkylation sites (N-methyl/N-ethyl adjacent to an activating group) is 1. The van der Waals surface area contributed by atoms with Crippen molar-refractivity contribution in [3.63, 3.8) is 0 Å². The third-order valence-electron chi connectivity index (χ3n) is 3.63. The molecule has 22 heavy (non-hydrogen) atoms. The second-order valence-corrected chi connectivity index (χ2v) is 6.27. The summed E-state index contributed by atoms with van der Waals surface area (Å²) in [7, 11) is 6.23. The van der Waals surface area contributed by atoms with Crippen LogP contribution in [0.1, 0.15) is 32.6 Å². The van der Waals surface area contributed by atoms with E-state index in [2.05, 4.69) is 21.0 Å². The van der Waals surface area contributed by atoms with Crippen LogP contribution in [0.25, 0.3) is 0 Å². The lowest BCUT2D eigenvalue weighted by atomic mass is 10.2. The molecule has 0 bridgehead atoms. The molecule has 0 rings (SSSR count). The van der Waals surface area contributed by atoms with Crippen molar-refractivity contribution in [2.75, 3.05) is 80.5 Å². The molecule has 0 aliphatic heterocycles. The monoisotopic (exact) mass is 320 g/mol. The Morgan fingerprint density at radius 3 is 1.73 bits per heavy atom. The summed E-state index contributed by atoms with van der Waals surface area (Å²) in [5.74, 6) is 0. The third kappa shape index (κ3) is 16.2. The number of methoxy groups -OCH3 is 1. The van der Waals surface area contributed by atoms with Gasteiger partial charge in [-0.1, -0.05) is 19.8 Å². The Kier molecular flexibility index (Phi) is 15.5. The predicted octanol–water partition coefficient (Wildman–Crippen LogP) is 2.34. The van der Waals surface area contributed by atoms with Gasteiger partial charge in [-0.25, -0.2) is 0 Å². The first-order valence-corrected chi connectivity index (χ1v) is 8.66. The van der Waals surface area contributed by atoms with Gasteiger partial charge in [0.1, 0.15) is 6.54 Å². The highest BCUT2D eigenvalue weighted by Gasteiger charge is 2.13. The molecule has 0 spiro atoms. The van der Waals surface area contributed by atoms with E-state index in [1.807, 2.05) is 0 Å². The van der Waals surface area contributed by atoms with Crippen LogP contribution in [0.3, 0.4) is 0 Å². The van der Waals surface area contributed by atoms with E-state index in [4.69, 9.17) is 18.9 Å². The first-order valence-electron chi connectivity index (χ1n) is 8.66. The van der Waals surface area contributed by atoms with Gasteiger partial charge < -0.3 is 23.4 Å². The van der Waals surface area contributed by atoms with Gasteiger partial charge in [0, 0.05) is 7.11 Å². The zero-order valence-electron chi connectivity index (χ0n) is 15.3. The highest BCUT2D eigenvalue weighted by atomic mass is 16.6. The lowest BCUT2D eigenvalue weighted by molar-refractivity contribution is -0.891. The Bertz CT molecular complexity index is 225. The molecule has 0 fully saturated rings. The van der Waals surface area contributed by atoms with Crippen molar-refractivity contribution in [3.05, 3.63) is 0 Å². The van der Waals surface area contributed by atoms with Gasteiger partial charge in [-0.2, -0.15) is 0 Å². The second-order valence-electron chi connectivity index (χ2n) is 6.27. The maximum Gasteiger partial charge on any atom is 0.102 e. The molecule has 0 aliphatic carbocycles. The average Bonchev–Trinajstić information content (AvgIpc) is 2.49. The molecule has 0 aromatic rings. The van der Waals surface area contributed by atoms with Crippen molar-refractivity contribution in [2.45, 2.75) is 32.6 Å². The van der Waals surface area contributed by atoms with Gasteiger partial charge in [0.05, 0.1) is 66.9 Å². The largest absolute Gasteiger partial charge is 0.382 e. The minimum atomic E-state index is 0.616. The van der Waals surface area contributed by atoms with Gasteiger partial charge >= 0.3 is 0 Å². The molecule has 0 atom stereocenters. The fourth-order valence-electron chi connectivity index (χ4n) is 2.07. The smallest absolute Gasteiger partial charge is 0.102 e. The van der Waals surface area contributed by atoms with E-state index in [9.17, 15) is 0 Å². The van der Waals surface area contributed by atoms with Crippen LogP contribution >= 0.6 is 0 Å². The maximum absolute atomic E-state index is 5.64. The Balaban J connectivity index is 3.26. The second kappa shape index (κ2) is 15.7. The van der Waals surface area contributed by atoms with Crippen LogP contribution in [0, 0.1) is 0 Å². The highest BCUT2D eigenvalue weighted by molar-refractivity contribution is 4.42. The Hall–Kier alpha value is -0.200. The van der Waals surface area contributed by atoms with Crippen LogP contribution in [0.4, 0.5) is 0 Å². The van der Waals surface area contributed by atoms with Gasteiger partial charge in [-0.15, -0.1) is 0 Å². The summed E-state index contributed by atoms with van der Waals surface area (Å²) in [6.45, 7) is 9.14. The van der Waals surface area contributed by atoms with Crippen molar-refractivity contribution in [1.29, 1.82) is 0 Å². The van der Waals surface area contributed by atoms with E-state index in [0.717, 1.165) is 17.6 Å². The summed E-state index contributed by atoms with van der Waals surface area (Å²) >= 11 is 0. The third-order valence-corrected chi connectivity index (χ3v) is 3.63. The van der Waals surface area contributed by atoms with Crippen LogP contribution in [0.2, 0.25) is 0 Å². The first kappa shape index (κ1) is 21.8. The topological polar surface area (TPSA) is 36.9 Å². The molecule has 0 saturated carbocycles.